The number of ether oxygens (including phenoxy) is 2. The first-order valence-corrected chi connectivity index (χ1v) is 6.72. The zero-order chi connectivity index (χ0) is 14.5. The van der Waals surface area contributed by atoms with Crippen LogP contribution in [0.2, 0.25) is 0 Å². The summed E-state index contributed by atoms with van der Waals surface area (Å²) in [6.45, 7) is 0. The molecule has 1 N–H and O–H groups in total. The van der Waals surface area contributed by atoms with Gasteiger partial charge in [-0.15, -0.1) is 0 Å². The van der Waals surface area contributed by atoms with Crippen molar-refractivity contribution in [2.45, 2.75) is 6.04 Å². The molecule has 0 fully saturated rings. The summed E-state index contributed by atoms with van der Waals surface area (Å²) in [4.78, 5) is 13.0. The maximum absolute atomic E-state index is 5.29. The van der Waals surface area contributed by atoms with Crippen molar-refractivity contribution < 1.29 is 9.47 Å². The second kappa shape index (κ2) is 6.62. The largest absolute Gasteiger partial charge is 0.480 e. The minimum absolute atomic E-state index is 0.212. The van der Waals surface area contributed by atoms with Crippen LogP contribution in [0.1, 0.15) is 17.4 Å². The Balaban J connectivity index is 2.43. The van der Waals surface area contributed by atoms with Gasteiger partial charge in [0.15, 0.2) is 0 Å². The van der Waals surface area contributed by atoms with Crippen LogP contribution in [-0.2, 0) is 0 Å². The molecule has 0 radical (unpaired) electrons. The van der Waals surface area contributed by atoms with Crippen molar-refractivity contribution in [2.24, 2.45) is 0 Å². The van der Waals surface area contributed by atoms with Gasteiger partial charge in [0.25, 0.3) is 0 Å². The molecule has 0 aliphatic heterocycles. The zero-order valence-corrected chi connectivity index (χ0v) is 13.0. The number of methoxy groups -OCH3 is 2. The third-order valence-electron chi connectivity index (χ3n) is 2.76. The van der Waals surface area contributed by atoms with Gasteiger partial charge < -0.3 is 14.8 Å². The van der Waals surface area contributed by atoms with Gasteiger partial charge in [-0.2, -0.15) is 4.98 Å². The van der Waals surface area contributed by atoms with Crippen molar-refractivity contribution in [1.29, 1.82) is 0 Å². The van der Waals surface area contributed by atoms with E-state index in [4.69, 9.17) is 9.47 Å². The summed E-state index contributed by atoms with van der Waals surface area (Å²) < 4.78 is 11.3. The molecular weight excluding hydrogens is 324 g/mol. The SMILES string of the molecule is CNC(c1ccc(Br)cn1)c1ncc(OC)nc1OC. The summed E-state index contributed by atoms with van der Waals surface area (Å²) in [6.07, 6.45) is 3.30. The van der Waals surface area contributed by atoms with Crippen LogP contribution < -0.4 is 14.8 Å². The van der Waals surface area contributed by atoms with E-state index in [1.165, 1.54) is 7.11 Å². The van der Waals surface area contributed by atoms with E-state index in [2.05, 4.69) is 36.2 Å². The second-order valence-corrected chi connectivity index (χ2v) is 4.85. The molecule has 6 nitrogen and oxygen atoms in total. The Bertz CT molecular complexity index is 577. The van der Waals surface area contributed by atoms with E-state index in [1.54, 1.807) is 19.5 Å². The minimum Gasteiger partial charge on any atom is -0.480 e. The Morgan fingerprint density at radius 1 is 1.15 bits per heavy atom. The van der Waals surface area contributed by atoms with Gasteiger partial charge >= 0.3 is 0 Å². The number of aromatic nitrogens is 3. The molecule has 0 bridgehead atoms. The van der Waals surface area contributed by atoms with Crippen LogP contribution >= 0.6 is 15.9 Å². The van der Waals surface area contributed by atoms with Gasteiger partial charge in [0.05, 0.1) is 32.2 Å². The Kier molecular flexibility index (Phi) is 4.86. The number of nitrogens with one attached hydrogen (secondary N) is 1. The van der Waals surface area contributed by atoms with Gasteiger partial charge in [-0.3, -0.25) is 4.98 Å². The summed E-state index contributed by atoms with van der Waals surface area (Å²) in [7, 11) is 4.92. The maximum atomic E-state index is 5.29. The van der Waals surface area contributed by atoms with Crippen LogP contribution in [0.15, 0.2) is 29.0 Å². The Hall–Kier alpha value is -1.73. The topological polar surface area (TPSA) is 69.2 Å². The van der Waals surface area contributed by atoms with Gasteiger partial charge in [0, 0.05) is 10.7 Å². The molecule has 2 rings (SSSR count). The monoisotopic (exact) mass is 338 g/mol. The van der Waals surface area contributed by atoms with Gasteiger partial charge in [-0.1, -0.05) is 0 Å². The average Bonchev–Trinajstić information content (AvgIpc) is 2.50. The van der Waals surface area contributed by atoms with Crippen molar-refractivity contribution in [3.63, 3.8) is 0 Å². The molecule has 0 aromatic carbocycles. The molecule has 20 heavy (non-hydrogen) atoms. The second-order valence-electron chi connectivity index (χ2n) is 3.93. The third kappa shape index (κ3) is 3.05. The fraction of sp³-hybridized carbons (Fsp3) is 0.308. The van der Waals surface area contributed by atoms with E-state index >= 15 is 0 Å². The highest BCUT2D eigenvalue weighted by atomic mass is 79.9. The number of hydrogen-bond donors (Lipinski definition) is 1. The van der Waals surface area contributed by atoms with E-state index < -0.39 is 0 Å². The first-order valence-electron chi connectivity index (χ1n) is 5.93. The molecule has 0 saturated carbocycles. The number of rotatable bonds is 5. The molecule has 2 aromatic rings. The molecule has 0 amide bonds. The molecule has 0 saturated heterocycles. The summed E-state index contributed by atoms with van der Waals surface area (Å²) in [5, 5.41) is 3.17. The van der Waals surface area contributed by atoms with Crippen molar-refractivity contribution in [3.05, 3.63) is 40.4 Å². The fourth-order valence-corrected chi connectivity index (χ4v) is 2.03. The highest BCUT2D eigenvalue weighted by Crippen LogP contribution is 2.27. The predicted molar refractivity (Wildman–Crippen MR) is 78.0 cm³/mol. The summed E-state index contributed by atoms with van der Waals surface area (Å²) in [5.74, 6) is 0.817. The van der Waals surface area contributed by atoms with E-state index in [9.17, 15) is 0 Å². The van der Waals surface area contributed by atoms with Crippen molar-refractivity contribution in [2.75, 3.05) is 21.3 Å². The first-order chi connectivity index (χ1) is 9.69. The number of hydrogen-bond acceptors (Lipinski definition) is 6. The Morgan fingerprint density at radius 3 is 2.50 bits per heavy atom. The molecule has 0 spiro atoms. The summed E-state index contributed by atoms with van der Waals surface area (Å²) in [6, 6.07) is 3.63. The van der Waals surface area contributed by atoms with Crippen LogP contribution in [0.3, 0.4) is 0 Å². The highest BCUT2D eigenvalue weighted by Gasteiger charge is 2.21. The molecule has 1 unspecified atom stereocenters. The van der Waals surface area contributed by atoms with Crippen LogP contribution in [-0.4, -0.2) is 36.2 Å². The van der Waals surface area contributed by atoms with Gasteiger partial charge in [0.1, 0.15) is 5.69 Å². The molecule has 1 atom stereocenters. The lowest BCUT2D eigenvalue weighted by atomic mass is 10.1. The number of halogens is 1. The average molecular weight is 339 g/mol. The van der Waals surface area contributed by atoms with E-state index in [1.807, 2.05) is 19.2 Å². The number of pyridine rings is 1. The molecule has 2 aromatic heterocycles. The van der Waals surface area contributed by atoms with E-state index in [-0.39, 0.29) is 6.04 Å². The van der Waals surface area contributed by atoms with Gasteiger partial charge in [-0.05, 0) is 35.1 Å². The fourth-order valence-electron chi connectivity index (χ4n) is 1.80. The number of nitrogens with zero attached hydrogens (tertiary/aromatic N) is 3. The molecule has 106 valence electrons. The molecular formula is C13H15BrN4O2. The smallest absolute Gasteiger partial charge is 0.240 e. The van der Waals surface area contributed by atoms with Crippen LogP contribution in [0.5, 0.6) is 11.8 Å². The van der Waals surface area contributed by atoms with Gasteiger partial charge in [0.2, 0.25) is 11.8 Å². The first kappa shape index (κ1) is 14.7. The normalized spacial score (nSPS) is 12.0. The van der Waals surface area contributed by atoms with Gasteiger partial charge in [-0.25, -0.2) is 4.98 Å². The quantitative estimate of drug-likeness (QED) is 0.898. The molecule has 2 heterocycles. The molecule has 0 aliphatic carbocycles. The standard InChI is InChI=1S/C13H15BrN4O2/c1-15-11(9-5-4-8(14)6-16-9)12-13(20-3)18-10(19-2)7-17-12/h4-7,11,15H,1-3H3. The van der Waals surface area contributed by atoms with Crippen LogP contribution in [0.25, 0.3) is 0 Å². The Morgan fingerprint density at radius 2 is 1.95 bits per heavy atom. The maximum Gasteiger partial charge on any atom is 0.240 e. The lowest BCUT2D eigenvalue weighted by Crippen LogP contribution is -2.21. The van der Waals surface area contributed by atoms with Crippen molar-refractivity contribution in [1.82, 2.24) is 20.3 Å². The van der Waals surface area contributed by atoms with Crippen LogP contribution in [0, 0.1) is 0 Å². The Labute approximate surface area is 125 Å². The molecule has 7 heteroatoms. The zero-order valence-electron chi connectivity index (χ0n) is 11.4. The van der Waals surface area contributed by atoms with Crippen LogP contribution in [0.4, 0.5) is 0 Å². The highest BCUT2D eigenvalue weighted by molar-refractivity contribution is 9.10. The lowest BCUT2D eigenvalue weighted by Gasteiger charge is -2.17. The van der Waals surface area contributed by atoms with Crippen molar-refractivity contribution in [3.8, 4) is 11.8 Å². The lowest BCUT2D eigenvalue weighted by molar-refractivity contribution is 0.353. The summed E-state index contributed by atoms with van der Waals surface area (Å²) >= 11 is 3.37. The van der Waals surface area contributed by atoms with E-state index in [0.29, 0.717) is 17.5 Å². The summed E-state index contributed by atoms with van der Waals surface area (Å²) in [5.41, 5.74) is 1.49. The third-order valence-corrected chi connectivity index (χ3v) is 3.22. The van der Waals surface area contributed by atoms with Crippen molar-refractivity contribution >= 4 is 15.9 Å². The minimum atomic E-state index is -0.212. The predicted octanol–water partition coefficient (Wildman–Crippen LogP) is 1.96. The molecule has 0 aliphatic rings. The van der Waals surface area contributed by atoms with E-state index in [0.717, 1.165) is 10.2 Å².